The maximum atomic E-state index is 12.7. The summed E-state index contributed by atoms with van der Waals surface area (Å²) in [6, 6.07) is 6.22. The monoisotopic (exact) mass is 313 g/mol. The Morgan fingerprint density at radius 2 is 2.04 bits per heavy atom. The number of fused-ring (bicyclic) bond motifs is 1. The van der Waals surface area contributed by atoms with Crippen LogP contribution in [-0.4, -0.2) is 51.5 Å². The van der Waals surface area contributed by atoms with Gasteiger partial charge in [-0.2, -0.15) is 0 Å². The molecule has 6 nitrogen and oxygen atoms in total. The van der Waals surface area contributed by atoms with Crippen LogP contribution in [0.25, 0.3) is 11.0 Å². The quantitative estimate of drug-likeness (QED) is 0.931. The van der Waals surface area contributed by atoms with Crippen LogP contribution >= 0.6 is 0 Å². The van der Waals surface area contributed by atoms with Crippen LogP contribution in [0.3, 0.4) is 0 Å². The SMILES string of the molecule is Cn1nnc2cc(C(=O)N3CCC(NCC4CC4)CC3)ccc21. The van der Waals surface area contributed by atoms with Gasteiger partial charge in [0.25, 0.3) is 5.91 Å². The van der Waals surface area contributed by atoms with Crippen molar-refractivity contribution in [3.8, 4) is 0 Å². The maximum Gasteiger partial charge on any atom is 0.253 e. The fourth-order valence-electron chi connectivity index (χ4n) is 3.30. The summed E-state index contributed by atoms with van der Waals surface area (Å²) in [5, 5.41) is 11.7. The molecule has 2 heterocycles. The second-order valence-electron chi connectivity index (χ2n) is 6.83. The molecule has 122 valence electrons. The van der Waals surface area contributed by atoms with Crippen molar-refractivity contribution < 1.29 is 4.79 Å². The van der Waals surface area contributed by atoms with E-state index in [4.69, 9.17) is 0 Å². The van der Waals surface area contributed by atoms with E-state index in [1.165, 1.54) is 12.8 Å². The van der Waals surface area contributed by atoms with E-state index >= 15 is 0 Å². The Morgan fingerprint density at radius 1 is 1.26 bits per heavy atom. The number of hydrogen-bond donors (Lipinski definition) is 1. The molecule has 4 rings (SSSR count). The lowest BCUT2D eigenvalue weighted by molar-refractivity contribution is 0.0705. The Morgan fingerprint density at radius 3 is 2.78 bits per heavy atom. The molecule has 0 atom stereocenters. The Kier molecular flexibility index (Phi) is 3.77. The van der Waals surface area contributed by atoms with Crippen LogP contribution in [0.4, 0.5) is 0 Å². The number of likely N-dealkylation sites (tertiary alicyclic amines) is 1. The first kappa shape index (κ1) is 14.6. The van der Waals surface area contributed by atoms with Crippen LogP contribution in [-0.2, 0) is 7.05 Å². The standard InChI is InChI=1S/C17H23N5O/c1-21-16-5-4-13(10-15(16)19-20-21)17(23)22-8-6-14(7-9-22)18-11-12-2-3-12/h4-5,10,12,14,18H,2-3,6-9,11H2,1H3. The van der Waals surface area contributed by atoms with E-state index in [2.05, 4.69) is 15.6 Å². The summed E-state index contributed by atoms with van der Waals surface area (Å²) in [5.41, 5.74) is 2.44. The van der Waals surface area contributed by atoms with Gasteiger partial charge in [-0.15, -0.1) is 5.10 Å². The van der Waals surface area contributed by atoms with Gasteiger partial charge in [0.1, 0.15) is 5.52 Å². The number of nitrogens with zero attached hydrogens (tertiary/aromatic N) is 4. The molecule has 1 saturated heterocycles. The van der Waals surface area contributed by atoms with Gasteiger partial charge in [0, 0.05) is 31.7 Å². The molecular weight excluding hydrogens is 290 g/mol. The summed E-state index contributed by atoms with van der Waals surface area (Å²) in [4.78, 5) is 14.6. The molecule has 23 heavy (non-hydrogen) atoms. The maximum absolute atomic E-state index is 12.7. The van der Waals surface area contributed by atoms with Crippen LogP contribution in [0.2, 0.25) is 0 Å². The van der Waals surface area contributed by atoms with Crippen molar-refractivity contribution in [2.45, 2.75) is 31.7 Å². The van der Waals surface area contributed by atoms with Gasteiger partial charge in [0.2, 0.25) is 0 Å². The van der Waals surface area contributed by atoms with Crippen molar-refractivity contribution in [1.29, 1.82) is 0 Å². The number of nitrogens with one attached hydrogen (secondary N) is 1. The summed E-state index contributed by atoms with van der Waals surface area (Å²) < 4.78 is 1.72. The number of piperidine rings is 1. The topological polar surface area (TPSA) is 63.1 Å². The van der Waals surface area contributed by atoms with Gasteiger partial charge in [-0.25, -0.2) is 4.68 Å². The largest absolute Gasteiger partial charge is 0.339 e. The molecule has 1 aromatic carbocycles. The number of amides is 1. The summed E-state index contributed by atoms with van der Waals surface area (Å²) >= 11 is 0. The fourth-order valence-corrected chi connectivity index (χ4v) is 3.30. The predicted molar refractivity (Wildman–Crippen MR) is 88.2 cm³/mol. The molecule has 1 aliphatic carbocycles. The zero-order chi connectivity index (χ0) is 15.8. The Hall–Kier alpha value is -1.95. The minimum absolute atomic E-state index is 0.109. The van der Waals surface area contributed by atoms with Gasteiger partial charge in [-0.1, -0.05) is 5.21 Å². The lowest BCUT2D eigenvalue weighted by Crippen LogP contribution is -2.45. The van der Waals surface area contributed by atoms with E-state index in [0.717, 1.165) is 49.4 Å². The first-order valence-electron chi connectivity index (χ1n) is 8.53. The van der Waals surface area contributed by atoms with Crippen LogP contribution < -0.4 is 5.32 Å². The smallest absolute Gasteiger partial charge is 0.253 e. The van der Waals surface area contributed by atoms with Gasteiger partial charge in [0.15, 0.2) is 0 Å². The van der Waals surface area contributed by atoms with Crippen molar-refractivity contribution in [2.75, 3.05) is 19.6 Å². The first-order chi connectivity index (χ1) is 11.2. The number of benzene rings is 1. The van der Waals surface area contributed by atoms with Crippen LogP contribution in [0.15, 0.2) is 18.2 Å². The molecule has 1 saturated carbocycles. The van der Waals surface area contributed by atoms with Crippen molar-refractivity contribution in [2.24, 2.45) is 13.0 Å². The first-order valence-corrected chi connectivity index (χ1v) is 8.53. The van der Waals surface area contributed by atoms with E-state index in [0.29, 0.717) is 11.6 Å². The molecule has 1 aromatic heterocycles. The highest BCUT2D eigenvalue weighted by Gasteiger charge is 2.26. The predicted octanol–water partition coefficient (Wildman–Crippen LogP) is 1.57. The highest BCUT2D eigenvalue weighted by Crippen LogP contribution is 2.28. The van der Waals surface area contributed by atoms with E-state index in [1.807, 2.05) is 30.1 Å². The third-order valence-corrected chi connectivity index (χ3v) is 5.03. The fraction of sp³-hybridized carbons (Fsp3) is 0.588. The number of carbonyl (C=O) groups is 1. The highest BCUT2D eigenvalue weighted by molar-refractivity contribution is 5.97. The average Bonchev–Trinajstić information content (AvgIpc) is 3.35. The number of aryl methyl sites for hydroxylation is 1. The van der Waals surface area contributed by atoms with Gasteiger partial charge in [-0.05, 0) is 56.3 Å². The van der Waals surface area contributed by atoms with E-state index in [1.54, 1.807) is 4.68 Å². The zero-order valence-corrected chi connectivity index (χ0v) is 13.5. The number of aromatic nitrogens is 3. The molecule has 0 bridgehead atoms. The van der Waals surface area contributed by atoms with Crippen molar-refractivity contribution in [3.05, 3.63) is 23.8 Å². The van der Waals surface area contributed by atoms with Crippen molar-refractivity contribution >= 4 is 16.9 Å². The molecule has 0 unspecified atom stereocenters. The van der Waals surface area contributed by atoms with Crippen molar-refractivity contribution in [3.63, 3.8) is 0 Å². The summed E-state index contributed by atoms with van der Waals surface area (Å²) in [5.74, 6) is 1.02. The normalized spacial score (nSPS) is 19.4. The van der Waals surface area contributed by atoms with E-state index < -0.39 is 0 Å². The summed E-state index contributed by atoms with van der Waals surface area (Å²) in [6.07, 6.45) is 4.86. The molecule has 0 radical (unpaired) electrons. The Bertz CT molecular complexity index is 713. The molecule has 6 heteroatoms. The molecular formula is C17H23N5O. The molecule has 2 fully saturated rings. The van der Waals surface area contributed by atoms with Crippen LogP contribution in [0.1, 0.15) is 36.0 Å². The second kappa shape index (κ2) is 5.92. The number of hydrogen-bond acceptors (Lipinski definition) is 4. The Labute approximate surface area is 135 Å². The molecule has 1 amide bonds. The minimum Gasteiger partial charge on any atom is -0.339 e. The third-order valence-electron chi connectivity index (χ3n) is 5.03. The molecule has 2 aromatic rings. The number of rotatable bonds is 4. The lowest BCUT2D eigenvalue weighted by atomic mass is 10.0. The molecule has 1 N–H and O–H groups in total. The van der Waals surface area contributed by atoms with Crippen LogP contribution in [0.5, 0.6) is 0 Å². The van der Waals surface area contributed by atoms with E-state index in [9.17, 15) is 4.79 Å². The molecule has 2 aliphatic rings. The van der Waals surface area contributed by atoms with Gasteiger partial charge in [0.05, 0.1) is 5.52 Å². The average molecular weight is 313 g/mol. The third kappa shape index (κ3) is 3.08. The van der Waals surface area contributed by atoms with Gasteiger partial charge < -0.3 is 10.2 Å². The van der Waals surface area contributed by atoms with Crippen molar-refractivity contribution in [1.82, 2.24) is 25.2 Å². The molecule has 1 aliphatic heterocycles. The van der Waals surface area contributed by atoms with Gasteiger partial charge >= 0.3 is 0 Å². The Balaban J connectivity index is 1.38. The minimum atomic E-state index is 0.109. The second-order valence-corrected chi connectivity index (χ2v) is 6.83. The molecule has 0 spiro atoms. The highest BCUT2D eigenvalue weighted by atomic mass is 16.2. The van der Waals surface area contributed by atoms with E-state index in [-0.39, 0.29) is 5.91 Å². The van der Waals surface area contributed by atoms with Gasteiger partial charge in [-0.3, -0.25) is 4.79 Å². The van der Waals surface area contributed by atoms with Crippen LogP contribution in [0, 0.1) is 5.92 Å². The lowest BCUT2D eigenvalue weighted by Gasteiger charge is -2.32. The summed E-state index contributed by atoms with van der Waals surface area (Å²) in [7, 11) is 1.86. The summed E-state index contributed by atoms with van der Waals surface area (Å²) in [6.45, 7) is 2.82. The zero-order valence-electron chi connectivity index (χ0n) is 13.5. The number of carbonyl (C=O) groups excluding carboxylic acids is 1.